The average Bonchev–Trinajstić information content (AvgIpc) is 2.11. The summed E-state index contributed by atoms with van der Waals surface area (Å²) in [5, 5.41) is 10.2. The summed E-state index contributed by atoms with van der Waals surface area (Å²) in [6.07, 6.45) is 0. The summed E-state index contributed by atoms with van der Waals surface area (Å²) in [6.45, 7) is 0. The van der Waals surface area contributed by atoms with Crippen LogP contribution in [0.2, 0.25) is 0 Å². The van der Waals surface area contributed by atoms with Crippen LogP contribution in [0.4, 0.5) is 23.2 Å². The molecule has 1 aromatic carbocycles. The third-order valence-electron chi connectivity index (χ3n) is 1.51. The standard InChI is InChI=1S/C7H3F4NO2.H3N/c8-2-1(7(13)14)6(12)5(11)4(10)3(2)9;/h12H2,(H,13,14);1H3. The number of benzene rings is 1. The number of halogens is 4. The Balaban J connectivity index is 0.00000196. The number of rotatable bonds is 1. The van der Waals surface area contributed by atoms with Crippen LogP contribution in [0.15, 0.2) is 0 Å². The van der Waals surface area contributed by atoms with E-state index in [-0.39, 0.29) is 6.15 Å². The summed E-state index contributed by atoms with van der Waals surface area (Å²) in [7, 11) is 0. The number of quaternary nitrogens is 1. The largest absolute Gasteiger partial charge is 0.545 e. The molecule has 8 heteroatoms. The van der Waals surface area contributed by atoms with E-state index in [1.807, 2.05) is 0 Å². The van der Waals surface area contributed by atoms with E-state index >= 15 is 0 Å². The Morgan fingerprint density at radius 1 is 1.00 bits per heavy atom. The Kier molecular flexibility index (Phi) is 3.63. The average molecular weight is 226 g/mol. The third kappa shape index (κ3) is 1.84. The molecule has 0 unspecified atom stereocenters. The second kappa shape index (κ2) is 4.13. The lowest BCUT2D eigenvalue weighted by molar-refractivity contribution is -0.255. The molecule has 6 N–H and O–H groups in total. The van der Waals surface area contributed by atoms with Crippen LogP contribution < -0.4 is 17.0 Å². The van der Waals surface area contributed by atoms with Crippen LogP contribution in [0.3, 0.4) is 0 Å². The molecule has 1 rings (SSSR count). The molecule has 0 spiro atoms. The maximum Gasteiger partial charge on any atom is 0.199 e. The van der Waals surface area contributed by atoms with Gasteiger partial charge in [-0.1, -0.05) is 0 Å². The molecule has 0 saturated carbocycles. The number of nitrogen functional groups attached to an aromatic ring is 1. The van der Waals surface area contributed by atoms with Crippen LogP contribution in [-0.4, -0.2) is 5.97 Å². The fraction of sp³-hybridized carbons (Fsp3) is 0. The van der Waals surface area contributed by atoms with Gasteiger partial charge in [-0.2, -0.15) is 0 Å². The molecule has 0 bridgehead atoms. The Hall–Kier alpha value is -1.83. The number of nitrogens with two attached hydrogens (primary N) is 1. The molecule has 0 heterocycles. The molecular formula is C7H6F4N2O2. The van der Waals surface area contributed by atoms with Gasteiger partial charge in [-0.25, -0.2) is 17.6 Å². The molecule has 1 aromatic rings. The van der Waals surface area contributed by atoms with Gasteiger partial charge in [0.15, 0.2) is 23.3 Å². The molecule has 0 amide bonds. The number of aromatic carboxylic acids is 1. The highest BCUT2D eigenvalue weighted by Gasteiger charge is 2.23. The minimum absolute atomic E-state index is 0. The van der Waals surface area contributed by atoms with E-state index in [2.05, 4.69) is 0 Å². The SMILES string of the molecule is Nc1c(F)c(F)c(F)c(F)c1C(=O)[O-].[NH4+]. The molecule has 84 valence electrons. The van der Waals surface area contributed by atoms with Crippen LogP contribution in [0.5, 0.6) is 0 Å². The number of hydrogen-bond donors (Lipinski definition) is 2. The summed E-state index contributed by atoms with van der Waals surface area (Å²) in [5.74, 6) is -10.7. The molecule has 15 heavy (non-hydrogen) atoms. The van der Waals surface area contributed by atoms with Gasteiger partial charge in [0.1, 0.15) is 0 Å². The summed E-state index contributed by atoms with van der Waals surface area (Å²) >= 11 is 0. The highest BCUT2D eigenvalue weighted by Crippen LogP contribution is 2.25. The molecule has 0 aliphatic carbocycles. The number of anilines is 1. The van der Waals surface area contributed by atoms with Crippen LogP contribution in [0.25, 0.3) is 0 Å². The highest BCUT2D eigenvalue weighted by molar-refractivity contribution is 5.92. The quantitative estimate of drug-likeness (QED) is 0.316. The second-order valence-electron chi connectivity index (χ2n) is 2.33. The van der Waals surface area contributed by atoms with E-state index in [0.29, 0.717) is 0 Å². The summed E-state index contributed by atoms with van der Waals surface area (Å²) in [6, 6.07) is 0. The second-order valence-corrected chi connectivity index (χ2v) is 2.33. The van der Waals surface area contributed by atoms with Crippen LogP contribution >= 0.6 is 0 Å². The van der Waals surface area contributed by atoms with Crippen molar-refractivity contribution in [1.82, 2.24) is 6.15 Å². The zero-order valence-corrected chi connectivity index (χ0v) is 7.41. The van der Waals surface area contributed by atoms with E-state index in [1.54, 1.807) is 0 Å². The smallest absolute Gasteiger partial charge is 0.199 e. The zero-order chi connectivity index (χ0) is 11.0. The van der Waals surface area contributed by atoms with Crippen molar-refractivity contribution >= 4 is 11.7 Å². The first-order valence-corrected chi connectivity index (χ1v) is 3.20. The van der Waals surface area contributed by atoms with Crippen LogP contribution in [0.1, 0.15) is 10.4 Å². The first-order chi connectivity index (χ1) is 6.37. The molecule has 0 aliphatic heterocycles. The van der Waals surface area contributed by atoms with Crippen molar-refractivity contribution in [3.63, 3.8) is 0 Å². The Morgan fingerprint density at radius 2 is 1.40 bits per heavy atom. The highest BCUT2D eigenvalue weighted by atomic mass is 19.2. The molecule has 0 radical (unpaired) electrons. The zero-order valence-electron chi connectivity index (χ0n) is 7.41. The predicted octanol–water partition coefficient (Wildman–Crippen LogP) is 0.565. The maximum atomic E-state index is 12.7. The van der Waals surface area contributed by atoms with E-state index in [4.69, 9.17) is 5.73 Å². The van der Waals surface area contributed by atoms with Gasteiger partial charge >= 0.3 is 0 Å². The van der Waals surface area contributed by atoms with Crippen molar-refractivity contribution in [1.29, 1.82) is 0 Å². The first kappa shape index (κ1) is 13.2. The lowest BCUT2D eigenvalue weighted by atomic mass is 10.1. The molecule has 0 atom stereocenters. The Labute approximate surface area is 80.9 Å². The number of carboxylic acids is 1. The molecule has 4 nitrogen and oxygen atoms in total. The van der Waals surface area contributed by atoms with Gasteiger partial charge in [0, 0.05) is 0 Å². The van der Waals surface area contributed by atoms with Gasteiger partial charge in [0.05, 0.1) is 17.2 Å². The van der Waals surface area contributed by atoms with E-state index in [1.165, 1.54) is 0 Å². The number of carboxylic acid groups (broad SMARTS) is 1. The van der Waals surface area contributed by atoms with Crippen molar-refractivity contribution in [2.24, 2.45) is 0 Å². The fourth-order valence-electron chi connectivity index (χ4n) is 0.848. The van der Waals surface area contributed by atoms with Gasteiger partial charge in [-0.15, -0.1) is 0 Å². The Bertz CT molecular complexity index is 393. The van der Waals surface area contributed by atoms with Crippen molar-refractivity contribution in [3.8, 4) is 0 Å². The number of carbonyl (C=O) groups excluding carboxylic acids is 1. The van der Waals surface area contributed by atoms with Gasteiger partial charge in [-0.05, 0) is 0 Å². The fourth-order valence-corrected chi connectivity index (χ4v) is 0.848. The monoisotopic (exact) mass is 226 g/mol. The molecule has 0 aromatic heterocycles. The third-order valence-corrected chi connectivity index (χ3v) is 1.51. The van der Waals surface area contributed by atoms with Crippen LogP contribution in [0, 0.1) is 23.3 Å². The van der Waals surface area contributed by atoms with Crippen molar-refractivity contribution in [2.75, 3.05) is 5.73 Å². The van der Waals surface area contributed by atoms with Gasteiger partial charge in [-0.3, -0.25) is 0 Å². The predicted molar refractivity (Wildman–Crippen MR) is 41.0 cm³/mol. The summed E-state index contributed by atoms with van der Waals surface area (Å²) < 4.78 is 50.1. The minimum atomic E-state index is -2.24. The number of carbonyl (C=O) groups is 1. The van der Waals surface area contributed by atoms with E-state index in [0.717, 1.165) is 0 Å². The maximum absolute atomic E-state index is 12.7. The lowest BCUT2D eigenvalue weighted by Gasteiger charge is -2.10. The van der Waals surface area contributed by atoms with Crippen molar-refractivity contribution in [3.05, 3.63) is 28.8 Å². The summed E-state index contributed by atoms with van der Waals surface area (Å²) in [5.41, 5.74) is 1.85. The van der Waals surface area contributed by atoms with E-state index in [9.17, 15) is 27.5 Å². The topological polar surface area (TPSA) is 103 Å². The Morgan fingerprint density at radius 3 is 1.80 bits per heavy atom. The summed E-state index contributed by atoms with van der Waals surface area (Å²) in [4.78, 5) is 10.2. The van der Waals surface area contributed by atoms with Gasteiger partial charge in [0.25, 0.3) is 0 Å². The lowest BCUT2D eigenvalue weighted by Crippen LogP contribution is -2.26. The minimum Gasteiger partial charge on any atom is -0.545 e. The molecular weight excluding hydrogens is 220 g/mol. The molecule has 0 fully saturated rings. The van der Waals surface area contributed by atoms with E-state index < -0.39 is 40.5 Å². The number of hydrogen-bond acceptors (Lipinski definition) is 3. The molecule has 0 aliphatic rings. The van der Waals surface area contributed by atoms with Crippen LogP contribution in [-0.2, 0) is 0 Å². The van der Waals surface area contributed by atoms with Gasteiger partial charge in [0.2, 0.25) is 0 Å². The van der Waals surface area contributed by atoms with Crippen molar-refractivity contribution in [2.45, 2.75) is 0 Å². The van der Waals surface area contributed by atoms with Crippen molar-refractivity contribution < 1.29 is 27.5 Å². The van der Waals surface area contributed by atoms with Gasteiger partial charge < -0.3 is 21.8 Å². The normalized spacial score (nSPS) is 9.60. The first-order valence-electron chi connectivity index (χ1n) is 3.20. The molecule has 0 saturated heterocycles.